The van der Waals surface area contributed by atoms with Crippen molar-refractivity contribution in [2.75, 3.05) is 0 Å². The Morgan fingerprint density at radius 1 is 1.15 bits per heavy atom. The van der Waals surface area contributed by atoms with E-state index in [-0.39, 0.29) is 0 Å². The summed E-state index contributed by atoms with van der Waals surface area (Å²) in [4.78, 5) is 0. The highest BCUT2D eigenvalue weighted by Gasteiger charge is 2.19. The molecule has 0 amide bonds. The standard InChI is InChI=1S/C12H7N/c13-7-8-1-2-9-3-4-10-6-12(10)11(9)5-8/h1-5H,6H2. The maximum absolute atomic E-state index is 8.75. The highest BCUT2D eigenvalue weighted by molar-refractivity contribution is 5.91. The molecule has 0 unspecified atom stereocenters. The Morgan fingerprint density at radius 2 is 2.00 bits per heavy atom. The first-order chi connectivity index (χ1) is 6.38. The first kappa shape index (κ1) is 6.68. The summed E-state index contributed by atoms with van der Waals surface area (Å²) in [7, 11) is 0. The molecule has 0 N–H and O–H groups in total. The lowest BCUT2D eigenvalue weighted by Crippen LogP contribution is -1.75. The van der Waals surface area contributed by atoms with Gasteiger partial charge in [0, 0.05) is 0 Å². The lowest BCUT2D eigenvalue weighted by Gasteiger charge is -1.95. The number of nitriles is 1. The van der Waals surface area contributed by atoms with Crippen LogP contribution < -0.4 is 0 Å². The van der Waals surface area contributed by atoms with Crippen LogP contribution in [0, 0.1) is 11.3 Å². The van der Waals surface area contributed by atoms with Crippen LogP contribution in [0.25, 0.3) is 10.8 Å². The first-order valence-electron chi connectivity index (χ1n) is 4.33. The Balaban J connectivity index is 2.43. The van der Waals surface area contributed by atoms with Crippen LogP contribution in [0.1, 0.15) is 16.7 Å². The average molecular weight is 165 g/mol. The van der Waals surface area contributed by atoms with Crippen molar-refractivity contribution in [1.82, 2.24) is 0 Å². The van der Waals surface area contributed by atoms with Crippen molar-refractivity contribution in [2.24, 2.45) is 0 Å². The molecule has 13 heavy (non-hydrogen) atoms. The van der Waals surface area contributed by atoms with Gasteiger partial charge in [-0.15, -0.1) is 0 Å². The lowest BCUT2D eigenvalue weighted by molar-refractivity contribution is 1.50. The van der Waals surface area contributed by atoms with E-state index in [0.29, 0.717) is 0 Å². The maximum atomic E-state index is 8.75. The summed E-state index contributed by atoms with van der Waals surface area (Å²) in [5, 5.41) is 11.3. The van der Waals surface area contributed by atoms with Crippen molar-refractivity contribution in [3.8, 4) is 6.07 Å². The monoisotopic (exact) mass is 165 g/mol. The van der Waals surface area contributed by atoms with E-state index in [1.54, 1.807) is 0 Å². The van der Waals surface area contributed by atoms with Crippen LogP contribution in [0.3, 0.4) is 0 Å². The Hall–Kier alpha value is -1.81. The number of rotatable bonds is 0. The summed E-state index contributed by atoms with van der Waals surface area (Å²) in [6, 6.07) is 12.3. The van der Waals surface area contributed by atoms with Crippen LogP contribution in [0.2, 0.25) is 0 Å². The van der Waals surface area contributed by atoms with Crippen LogP contribution in [0.15, 0.2) is 30.3 Å². The van der Waals surface area contributed by atoms with E-state index in [1.807, 2.05) is 18.2 Å². The second kappa shape index (κ2) is 2.11. The molecule has 0 aromatic heterocycles. The minimum Gasteiger partial charge on any atom is -0.192 e. The van der Waals surface area contributed by atoms with Crippen LogP contribution in [-0.2, 0) is 6.42 Å². The van der Waals surface area contributed by atoms with Gasteiger partial charge in [0.05, 0.1) is 11.6 Å². The van der Waals surface area contributed by atoms with Gasteiger partial charge in [-0.2, -0.15) is 5.26 Å². The van der Waals surface area contributed by atoms with E-state index in [1.165, 1.54) is 21.9 Å². The molecule has 2 aromatic carbocycles. The molecule has 0 saturated heterocycles. The van der Waals surface area contributed by atoms with Crippen LogP contribution in [-0.4, -0.2) is 0 Å². The summed E-state index contributed by atoms with van der Waals surface area (Å²) in [6.07, 6.45) is 1.11. The number of fused-ring (bicyclic) bond motifs is 3. The molecule has 0 fully saturated rings. The predicted octanol–water partition coefficient (Wildman–Crippen LogP) is 2.62. The zero-order valence-corrected chi connectivity index (χ0v) is 7.04. The summed E-state index contributed by atoms with van der Waals surface area (Å²) in [5.41, 5.74) is 3.62. The molecule has 1 nitrogen and oxygen atoms in total. The fraction of sp³-hybridized carbons (Fsp3) is 0.0833. The van der Waals surface area contributed by atoms with Crippen molar-refractivity contribution in [3.63, 3.8) is 0 Å². The average Bonchev–Trinajstić information content (AvgIpc) is 2.96. The maximum Gasteiger partial charge on any atom is 0.0991 e. The molecule has 0 saturated carbocycles. The Kier molecular flexibility index (Phi) is 1.08. The van der Waals surface area contributed by atoms with Crippen molar-refractivity contribution in [3.05, 3.63) is 47.0 Å². The smallest absolute Gasteiger partial charge is 0.0991 e. The van der Waals surface area contributed by atoms with E-state index in [0.717, 1.165) is 12.0 Å². The van der Waals surface area contributed by atoms with Crippen LogP contribution >= 0.6 is 0 Å². The van der Waals surface area contributed by atoms with Crippen LogP contribution in [0.4, 0.5) is 0 Å². The fourth-order valence-electron chi connectivity index (χ4n) is 1.80. The van der Waals surface area contributed by atoms with E-state index in [9.17, 15) is 0 Å². The minimum absolute atomic E-state index is 0.757. The third kappa shape index (κ3) is 0.860. The van der Waals surface area contributed by atoms with Gasteiger partial charge in [-0.3, -0.25) is 0 Å². The quantitative estimate of drug-likeness (QED) is 0.502. The van der Waals surface area contributed by atoms with Gasteiger partial charge in [0.1, 0.15) is 0 Å². The molecule has 60 valence electrons. The van der Waals surface area contributed by atoms with Crippen LogP contribution in [0.5, 0.6) is 0 Å². The highest BCUT2D eigenvalue weighted by atomic mass is 14.3. The van der Waals surface area contributed by atoms with E-state index >= 15 is 0 Å². The molecular weight excluding hydrogens is 158 g/mol. The summed E-state index contributed by atoms with van der Waals surface area (Å²) in [6.45, 7) is 0. The molecule has 0 bridgehead atoms. The Labute approximate surface area is 76.2 Å². The third-order valence-corrected chi connectivity index (χ3v) is 2.60. The third-order valence-electron chi connectivity index (χ3n) is 2.60. The molecule has 3 rings (SSSR count). The SMILES string of the molecule is N#Cc1ccc2ccc3c(c2c1)C3. The summed E-state index contributed by atoms with van der Waals surface area (Å²) in [5.74, 6) is 0. The van der Waals surface area contributed by atoms with Crippen molar-refractivity contribution < 1.29 is 0 Å². The molecule has 0 aliphatic heterocycles. The zero-order chi connectivity index (χ0) is 8.84. The van der Waals surface area contributed by atoms with Gasteiger partial charge in [-0.1, -0.05) is 18.2 Å². The van der Waals surface area contributed by atoms with Gasteiger partial charge in [0.15, 0.2) is 0 Å². The highest BCUT2D eigenvalue weighted by Crippen LogP contribution is 2.35. The molecule has 0 atom stereocenters. The van der Waals surface area contributed by atoms with Gasteiger partial charge in [-0.25, -0.2) is 0 Å². The van der Waals surface area contributed by atoms with Gasteiger partial charge < -0.3 is 0 Å². The van der Waals surface area contributed by atoms with Crippen molar-refractivity contribution >= 4 is 10.8 Å². The zero-order valence-electron chi connectivity index (χ0n) is 7.04. The molecule has 0 heterocycles. The first-order valence-corrected chi connectivity index (χ1v) is 4.33. The normalized spacial score (nSPS) is 12.2. The minimum atomic E-state index is 0.757. The number of hydrogen-bond acceptors (Lipinski definition) is 1. The molecule has 2 aromatic rings. The van der Waals surface area contributed by atoms with E-state index in [4.69, 9.17) is 5.26 Å². The molecule has 0 radical (unpaired) electrons. The number of nitrogens with zero attached hydrogens (tertiary/aromatic N) is 1. The number of hydrogen-bond donors (Lipinski definition) is 0. The van der Waals surface area contributed by atoms with Gasteiger partial charge in [-0.05, 0) is 40.5 Å². The fourth-order valence-corrected chi connectivity index (χ4v) is 1.80. The van der Waals surface area contributed by atoms with Gasteiger partial charge in [0.2, 0.25) is 0 Å². The predicted molar refractivity (Wildman–Crippen MR) is 51.5 cm³/mol. The van der Waals surface area contributed by atoms with Crippen molar-refractivity contribution in [2.45, 2.75) is 6.42 Å². The second-order valence-corrected chi connectivity index (χ2v) is 3.43. The van der Waals surface area contributed by atoms with E-state index < -0.39 is 0 Å². The Morgan fingerprint density at radius 3 is 2.85 bits per heavy atom. The van der Waals surface area contributed by atoms with Gasteiger partial charge in [0.25, 0.3) is 0 Å². The topological polar surface area (TPSA) is 23.8 Å². The molecule has 0 spiro atoms. The Bertz CT molecular complexity index is 547. The molecule has 1 aliphatic carbocycles. The summed E-state index contributed by atoms with van der Waals surface area (Å²) < 4.78 is 0. The molecule has 1 aliphatic rings. The summed E-state index contributed by atoms with van der Waals surface area (Å²) >= 11 is 0. The van der Waals surface area contributed by atoms with Gasteiger partial charge >= 0.3 is 0 Å². The van der Waals surface area contributed by atoms with E-state index in [2.05, 4.69) is 18.2 Å². The van der Waals surface area contributed by atoms with Crippen molar-refractivity contribution in [1.29, 1.82) is 5.26 Å². The molecule has 1 heteroatoms. The second-order valence-electron chi connectivity index (χ2n) is 3.43. The lowest BCUT2D eigenvalue weighted by atomic mass is 10.1. The molecular formula is C12H7N. The largest absolute Gasteiger partial charge is 0.192 e. The number of benzene rings is 2.